The fourth-order valence-electron chi connectivity index (χ4n) is 3.99. The van der Waals surface area contributed by atoms with E-state index in [1.54, 1.807) is 6.08 Å². The SMILES string of the molecule is CCCCCC1(CCCCC)C(=O)OC2[C@@H](F)C1C=CN2C(=O)OC. The molecule has 0 spiro atoms. The molecule has 142 valence electrons. The van der Waals surface area contributed by atoms with Crippen molar-refractivity contribution in [3.05, 3.63) is 12.3 Å². The minimum absolute atomic E-state index is 0.373. The van der Waals surface area contributed by atoms with Crippen LogP contribution in [0, 0.1) is 11.3 Å². The van der Waals surface area contributed by atoms with Crippen molar-refractivity contribution in [3.63, 3.8) is 0 Å². The molecule has 0 aromatic rings. The predicted octanol–water partition coefficient (Wildman–Crippen LogP) is 4.57. The first-order chi connectivity index (χ1) is 12.0. The van der Waals surface area contributed by atoms with E-state index in [0.717, 1.165) is 43.4 Å². The van der Waals surface area contributed by atoms with E-state index in [1.807, 2.05) is 0 Å². The molecule has 2 rings (SSSR count). The standard InChI is InChI=1S/C19H30FNO4/c1-4-6-8-11-19(12-9-7-5-2)14-10-13-21(18(23)24-3)16(15(14)20)25-17(19)22/h10,13-16H,4-9,11-12H2,1-3H3/t14?,15-,16?/m0/s1. The van der Waals surface area contributed by atoms with E-state index in [-0.39, 0.29) is 5.97 Å². The lowest BCUT2D eigenvalue weighted by Gasteiger charge is -2.49. The predicted molar refractivity (Wildman–Crippen MR) is 92.4 cm³/mol. The van der Waals surface area contributed by atoms with Gasteiger partial charge >= 0.3 is 12.1 Å². The van der Waals surface area contributed by atoms with Crippen LogP contribution < -0.4 is 0 Å². The third-order valence-electron chi connectivity index (χ3n) is 5.45. The third-order valence-corrected chi connectivity index (χ3v) is 5.45. The fraction of sp³-hybridized carbons (Fsp3) is 0.789. The lowest BCUT2D eigenvalue weighted by atomic mass is 9.64. The summed E-state index contributed by atoms with van der Waals surface area (Å²) in [6.07, 6.45) is 6.91. The number of esters is 1. The molecule has 0 aliphatic carbocycles. The number of ether oxygens (including phenoxy) is 2. The molecule has 2 aliphatic heterocycles. The average molecular weight is 355 g/mol. The maximum absolute atomic E-state index is 15.1. The fourth-order valence-corrected chi connectivity index (χ4v) is 3.99. The van der Waals surface area contributed by atoms with Crippen molar-refractivity contribution in [1.29, 1.82) is 0 Å². The Kier molecular flexibility index (Phi) is 6.85. The second kappa shape index (κ2) is 8.68. The molecule has 0 aromatic heterocycles. The Balaban J connectivity index is 2.29. The van der Waals surface area contributed by atoms with E-state index in [0.29, 0.717) is 12.8 Å². The number of carbonyl (C=O) groups is 2. The Bertz CT molecular complexity index is 498. The van der Waals surface area contributed by atoms with Crippen molar-refractivity contribution in [1.82, 2.24) is 4.90 Å². The summed E-state index contributed by atoms with van der Waals surface area (Å²) in [5, 5.41) is 0. The molecule has 0 radical (unpaired) electrons. The summed E-state index contributed by atoms with van der Waals surface area (Å²) >= 11 is 0. The quantitative estimate of drug-likeness (QED) is 0.473. The number of fused-ring (bicyclic) bond motifs is 2. The zero-order valence-electron chi connectivity index (χ0n) is 15.5. The molecule has 2 unspecified atom stereocenters. The van der Waals surface area contributed by atoms with Crippen molar-refractivity contribution < 1.29 is 23.5 Å². The number of methoxy groups -OCH3 is 1. The molecular weight excluding hydrogens is 325 g/mol. The number of alkyl halides is 1. The maximum atomic E-state index is 15.1. The van der Waals surface area contributed by atoms with Crippen LogP contribution in [0.4, 0.5) is 9.18 Å². The van der Waals surface area contributed by atoms with E-state index >= 15 is 4.39 Å². The van der Waals surface area contributed by atoms with Gasteiger partial charge in [0.1, 0.15) is 0 Å². The summed E-state index contributed by atoms with van der Waals surface area (Å²) in [6.45, 7) is 4.21. The molecule has 2 bridgehead atoms. The second-order valence-corrected chi connectivity index (χ2v) is 7.06. The van der Waals surface area contributed by atoms with Crippen LogP contribution in [-0.4, -0.2) is 36.5 Å². The van der Waals surface area contributed by atoms with Crippen molar-refractivity contribution in [3.8, 4) is 0 Å². The van der Waals surface area contributed by atoms with Crippen LogP contribution in [-0.2, 0) is 14.3 Å². The van der Waals surface area contributed by atoms with Crippen LogP contribution >= 0.6 is 0 Å². The highest BCUT2D eigenvalue weighted by atomic mass is 19.1. The van der Waals surface area contributed by atoms with Gasteiger partial charge in [-0.25, -0.2) is 14.1 Å². The lowest BCUT2D eigenvalue weighted by Crippen LogP contribution is -2.61. The van der Waals surface area contributed by atoms with Crippen LogP contribution in [0.15, 0.2) is 12.3 Å². The highest BCUT2D eigenvalue weighted by molar-refractivity contribution is 5.80. The Morgan fingerprint density at radius 2 is 1.84 bits per heavy atom. The van der Waals surface area contributed by atoms with Gasteiger partial charge < -0.3 is 9.47 Å². The first kappa shape index (κ1) is 19.7. The maximum Gasteiger partial charge on any atom is 0.416 e. The Morgan fingerprint density at radius 3 is 2.36 bits per heavy atom. The van der Waals surface area contributed by atoms with Gasteiger partial charge in [-0.1, -0.05) is 58.4 Å². The molecule has 2 heterocycles. The van der Waals surface area contributed by atoms with Gasteiger partial charge in [-0.15, -0.1) is 0 Å². The first-order valence-corrected chi connectivity index (χ1v) is 9.41. The zero-order valence-corrected chi connectivity index (χ0v) is 15.5. The number of nitrogens with zero attached hydrogens (tertiary/aromatic N) is 1. The van der Waals surface area contributed by atoms with Crippen LogP contribution in [0.3, 0.4) is 0 Å². The number of halogens is 1. The van der Waals surface area contributed by atoms with Crippen molar-refractivity contribution in [2.45, 2.75) is 77.6 Å². The van der Waals surface area contributed by atoms with Crippen LogP contribution in [0.5, 0.6) is 0 Å². The van der Waals surface area contributed by atoms with Crippen LogP contribution in [0.1, 0.15) is 65.2 Å². The first-order valence-electron chi connectivity index (χ1n) is 9.41. The monoisotopic (exact) mass is 355 g/mol. The number of hydrogen-bond acceptors (Lipinski definition) is 4. The third kappa shape index (κ3) is 3.82. The minimum atomic E-state index is -1.43. The molecule has 5 nitrogen and oxygen atoms in total. The van der Waals surface area contributed by atoms with Gasteiger partial charge in [0.05, 0.1) is 12.5 Å². The minimum Gasteiger partial charge on any atom is -0.452 e. The van der Waals surface area contributed by atoms with E-state index in [2.05, 4.69) is 18.6 Å². The number of rotatable bonds is 8. The summed E-state index contributed by atoms with van der Waals surface area (Å²) in [5.74, 6) is -0.921. The summed E-state index contributed by atoms with van der Waals surface area (Å²) < 4.78 is 25.2. The van der Waals surface area contributed by atoms with Gasteiger partial charge in [0, 0.05) is 12.1 Å². The van der Waals surface area contributed by atoms with Gasteiger partial charge in [-0.05, 0) is 12.8 Å². The molecule has 1 amide bonds. The molecule has 0 N–H and O–H groups in total. The largest absolute Gasteiger partial charge is 0.452 e. The summed E-state index contributed by atoms with van der Waals surface area (Å²) in [6, 6.07) is 0. The average Bonchev–Trinajstić information content (AvgIpc) is 2.60. The number of carbonyl (C=O) groups excluding carboxylic acids is 2. The van der Waals surface area contributed by atoms with Crippen LogP contribution in [0.2, 0.25) is 0 Å². The molecule has 25 heavy (non-hydrogen) atoms. The number of allylic oxidation sites excluding steroid dienone is 1. The zero-order chi connectivity index (χ0) is 18.4. The summed E-state index contributed by atoms with van der Waals surface area (Å²) in [5.41, 5.74) is -0.820. The Labute approximate surface area is 149 Å². The smallest absolute Gasteiger partial charge is 0.416 e. The number of hydrogen-bond donors (Lipinski definition) is 0. The summed E-state index contributed by atoms with van der Waals surface area (Å²) in [7, 11) is 1.22. The van der Waals surface area contributed by atoms with Crippen LogP contribution in [0.25, 0.3) is 0 Å². The second-order valence-electron chi connectivity index (χ2n) is 7.06. The van der Waals surface area contributed by atoms with Gasteiger partial charge in [0.2, 0.25) is 6.23 Å². The molecule has 1 saturated heterocycles. The van der Waals surface area contributed by atoms with Crippen molar-refractivity contribution in [2.75, 3.05) is 7.11 Å². The molecule has 1 fully saturated rings. The van der Waals surface area contributed by atoms with Crippen molar-refractivity contribution in [2.24, 2.45) is 11.3 Å². The number of unbranched alkanes of at least 4 members (excludes halogenated alkanes) is 4. The molecule has 0 aromatic carbocycles. The van der Waals surface area contributed by atoms with E-state index in [4.69, 9.17) is 4.74 Å². The number of amides is 1. The molecule has 2 aliphatic rings. The van der Waals surface area contributed by atoms with E-state index in [9.17, 15) is 9.59 Å². The Hall–Kier alpha value is -1.59. The van der Waals surface area contributed by atoms with E-state index in [1.165, 1.54) is 13.3 Å². The molecule has 3 atom stereocenters. The summed E-state index contributed by atoms with van der Waals surface area (Å²) in [4.78, 5) is 25.7. The molecular formula is C19H30FNO4. The topological polar surface area (TPSA) is 55.8 Å². The lowest BCUT2D eigenvalue weighted by molar-refractivity contribution is -0.204. The normalized spacial score (nSPS) is 27.1. The van der Waals surface area contributed by atoms with Gasteiger partial charge in [0.15, 0.2) is 6.17 Å². The van der Waals surface area contributed by atoms with Gasteiger partial charge in [-0.3, -0.25) is 4.79 Å². The Morgan fingerprint density at radius 1 is 1.24 bits per heavy atom. The molecule has 6 heteroatoms. The van der Waals surface area contributed by atoms with E-state index < -0.39 is 29.8 Å². The highest BCUT2D eigenvalue weighted by Gasteiger charge is 2.58. The van der Waals surface area contributed by atoms with Gasteiger partial charge in [0.25, 0.3) is 0 Å². The highest BCUT2D eigenvalue weighted by Crippen LogP contribution is 2.50. The van der Waals surface area contributed by atoms with Gasteiger partial charge in [-0.2, -0.15) is 0 Å². The molecule has 0 saturated carbocycles. The van der Waals surface area contributed by atoms with Crippen molar-refractivity contribution >= 4 is 12.1 Å².